The van der Waals surface area contributed by atoms with Crippen LogP contribution < -0.4 is 10.1 Å². The number of ether oxygens (including phenoxy) is 1. The molecule has 3 aromatic carbocycles. The van der Waals surface area contributed by atoms with Gasteiger partial charge in [0, 0.05) is 6.07 Å². The van der Waals surface area contributed by atoms with Crippen molar-refractivity contribution in [2.45, 2.75) is 18.1 Å². The van der Waals surface area contributed by atoms with Crippen molar-refractivity contribution in [2.75, 3.05) is 12.9 Å². The molecule has 0 aliphatic heterocycles. The zero-order valence-corrected chi connectivity index (χ0v) is 16.5. The lowest BCUT2D eigenvalue weighted by Gasteiger charge is -2.14. The third-order valence-electron chi connectivity index (χ3n) is 4.66. The van der Waals surface area contributed by atoms with Crippen LogP contribution in [0.4, 0.5) is 0 Å². The normalized spacial score (nSPS) is 12.2. The van der Waals surface area contributed by atoms with Crippen LogP contribution in [-0.4, -0.2) is 28.7 Å². The molecule has 4 rings (SSSR count). The molecule has 4 aromatic rings. The van der Waals surface area contributed by atoms with Gasteiger partial charge in [0.25, 0.3) is 0 Å². The fourth-order valence-corrected chi connectivity index (χ4v) is 3.83. The SMILES string of the molecule is COc1ccc2nc(SCC(=O)N[C@@H](C)c3ccc4ccccc4c3)[nH]c2c1. The molecule has 0 unspecified atom stereocenters. The van der Waals surface area contributed by atoms with Crippen LogP contribution in [0.25, 0.3) is 21.8 Å². The number of aromatic nitrogens is 2. The van der Waals surface area contributed by atoms with Gasteiger partial charge in [0.05, 0.1) is 29.9 Å². The Morgan fingerprint density at radius 3 is 2.79 bits per heavy atom. The predicted molar refractivity (Wildman–Crippen MR) is 114 cm³/mol. The van der Waals surface area contributed by atoms with E-state index < -0.39 is 0 Å². The lowest BCUT2D eigenvalue weighted by atomic mass is 10.0. The Labute approximate surface area is 167 Å². The Hall–Kier alpha value is -2.99. The molecule has 0 saturated carbocycles. The quantitative estimate of drug-likeness (QED) is 0.468. The Balaban J connectivity index is 1.38. The number of hydrogen-bond acceptors (Lipinski definition) is 4. The van der Waals surface area contributed by atoms with Crippen molar-refractivity contribution < 1.29 is 9.53 Å². The minimum atomic E-state index is -0.0577. The van der Waals surface area contributed by atoms with E-state index in [1.165, 1.54) is 22.5 Å². The predicted octanol–water partition coefficient (Wildman–Crippen LogP) is 4.69. The summed E-state index contributed by atoms with van der Waals surface area (Å²) in [5.74, 6) is 1.05. The van der Waals surface area contributed by atoms with Crippen LogP contribution in [0.15, 0.2) is 65.8 Å². The highest BCUT2D eigenvalue weighted by Gasteiger charge is 2.12. The molecule has 2 N–H and O–H groups in total. The van der Waals surface area contributed by atoms with Gasteiger partial charge < -0.3 is 15.0 Å². The number of hydrogen-bond donors (Lipinski definition) is 2. The molecule has 0 aliphatic carbocycles. The fraction of sp³-hybridized carbons (Fsp3) is 0.182. The highest BCUT2D eigenvalue weighted by Crippen LogP contribution is 2.24. The van der Waals surface area contributed by atoms with Crippen molar-refractivity contribution in [2.24, 2.45) is 0 Å². The summed E-state index contributed by atoms with van der Waals surface area (Å²) in [6.45, 7) is 2.00. The molecule has 5 nitrogen and oxygen atoms in total. The maximum Gasteiger partial charge on any atom is 0.230 e. The summed E-state index contributed by atoms with van der Waals surface area (Å²) in [5, 5.41) is 6.15. The van der Waals surface area contributed by atoms with E-state index >= 15 is 0 Å². The molecule has 142 valence electrons. The van der Waals surface area contributed by atoms with Gasteiger partial charge in [-0.15, -0.1) is 0 Å². The molecule has 1 heterocycles. The summed E-state index contributed by atoms with van der Waals surface area (Å²) in [6.07, 6.45) is 0. The smallest absolute Gasteiger partial charge is 0.230 e. The van der Waals surface area contributed by atoms with Gasteiger partial charge in [0.15, 0.2) is 5.16 Å². The number of rotatable bonds is 6. The Bertz CT molecular complexity index is 1140. The van der Waals surface area contributed by atoms with Crippen molar-refractivity contribution in [3.8, 4) is 5.75 Å². The Morgan fingerprint density at radius 2 is 1.96 bits per heavy atom. The molecule has 28 heavy (non-hydrogen) atoms. The number of thioether (sulfide) groups is 1. The molecular weight excluding hydrogens is 370 g/mol. The number of fused-ring (bicyclic) bond motifs is 2. The van der Waals surface area contributed by atoms with E-state index in [2.05, 4.69) is 45.6 Å². The second kappa shape index (κ2) is 7.94. The van der Waals surface area contributed by atoms with Gasteiger partial charge in [0.1, 0.15) is 5.75 Å². The van der Waals surface area contributed by atoms with Crippen molar-refractivity contribution >= 4 is 39.5 Å². The highest BCUT2D eigenvalue weighted by molar-refractivity contribution is 7.99. The van der Waals surface area contributed by atoms with Gasteiger partial charge in [-0.25, -0.2) is 4.98 Å². The summed E-state index contributed by atoms with van der Waals surface area (Å²) < 4.78 is 5.22. The molecule has 0 aliphatic rings. The summed E-state index contributed by atoms with van der Waals surface area (Å²) in [5.41, 5.74) is 2.84. The van der Waals surface area contributed by atoms with Crippen LogP contribution >= 0.6 is 11.8 Å². The van der Waals surface area contributed by atoms with Gasteiger partial charge in [-0.3, -0.25) is 4.79 Å². The second-order valence-corrected chi connectivity index (χ2v) is 7.57. The number of benzene rings is 3. The molecule has 1 aromatic heterocycles. The Kier molecular flexibility index (Phi) is 5.21. The van der Waals surface area contributed by atoms with Crippen molar-refractivity contribution in [3.05, 3.63) is 66.2 Å². The van der Waals surface area contributed by atoms with Gasteiger partial charge in [-0.1, -0.05) is 48.2 Å². The lowest BCUT2D eigenvalue weighted by Crippen LogP contribution is -2.28. The molecule has 1 amide bonds. The van der Waals surface area contributed by atoms with Crippen LogP contribution in [-0.2, 0) is 4.79 Å². The number of H-pyrrole nitrogens is 1. The first-order chi connectivity index (χ1) is 13.6. The summed E-state index contributed by atoms with van der Waals surface area (Å²) in [6, 6.07) is 20.1. The Morgan fingerprint density at radius 1 is 1.14 bits per heavy atom. The molecule has 0 spiro atoms. The van der Waals surface area contributed by atoms with E-state index in [0.717, 1.165) is 27.5 Å². The average Bonchev–Trinajstić information content (AvgIpc) is 3.14. The first kappa shape index (κ1) is 18.4. The minimum absolute atomic E-state index is 0.0244. The monoisotopic (exact) mass is 391 g/mol. The van der Waals surface area contributed by atoms with Gasteiger partial charge in [-0.2, -0.15) is 0 Å². The third-order valence-corrected chi connectivity index (χ3v) is 5.53. The molecule has 0 radical (unpaired) electrons. The van der Waals surface area contributed by atoms with Gasteiger partial charge >= 0.3 is 0 Å². The van der Waals surface area contributed by atoms with Crippen LogP contribution in [0.3, 0.4) is 0 Å². The molecule has 0 fully saturated rings. The van der Waals surface area contributed by atoms with E-state index in [9.17, 15) is 4.79 Å². The third kappa shape index (κ3) is 3.97. The van der Waals surface area contributed by atoms with Crippen molar-refractivity contribution in [3.63, 3.8) is 0 Å². The van der Waals surface area contributed by atoms with E-state index in [-0.39, 0.29) is 11.9 Å². The number of carbonyl (C=O) groups is 1. The lowest BCUT2D eigenvalue weighted by molar-refractivity contribution is -0.119. The highest BCUT2D eigenvalue weighted by atomic mass is 32.2. The number of amides is 1. The van der Waals surface area contributed by atoms with Gasteiger partial charge in [-0.05, 0) is 41.5 Å². The average molecular weight is 391 g/mol. The van der Waals surface area contributed by atoms with Crippen LogP contribution in [0, 0.1) is 0 Å². The number of methoxy groups -OCH3 is 1. The number of nitrogens with zero attached hydrogens (tertiary/aromatic N) is 1. The minimum Gasteiger partial charge on any atom is -0.497 e. The van der Waals surface area contributed by atoms with Crippen molar-refractivity contribution in [1.29, 1.82) is 0 Å². The first-order valence-electron chi connectivity index (χ1n) is 9.07. The maximum absolute atomic E-state index is 12.4. The van der Waals surface area contributed by atoms with Gasteiger partial charge in [0.2, 0.25) is 5.91 Å². The standard InChI is InChI=1S/C22H21N3O2S/c1-14(16-8-7-15-5-3-4-6-17(15)11-16)23-21(26)13-28-22-24-19-10-9-18(27-2)12-20(19)25-22/h3-12,14H,13H2,1-2H3,(H,23,26)(H,24,25)/t14-/m0/s1. The fourth-order valence-electron chi connectivity index (χ4n) is 3.14. The number of nitrogens with one attached hydrogen (secondary N) is 2. The largest absolute Gasteiger partial charge is 0.497 e. The molecular formula is C22H21N3O2S. The van der Waals surface area contributed by atoms with E-state index in [1.807, 2.05) is 37.3 Å². The van der Waals surface area contributed by atoms with Crippen LogP contribution in [0.1, 0.15) is 18.5 Å². The van der Waals surface area contributed by atoms with E-state index in [0.29, 0.717) is 5.75 Å². The number of imidazole rings is 1. The molecule has 1 atom stereocenters. The first-order valence-corrected chi connectivity index (χ1v) is 10.1. The molecule has 0 bridgehead atoms. The summed E-state index contributed by atoms with van der Waals surface area (Å²) in [7, 11) is 1.63. The summed E-state index contributed by atoms with van der Waals surface area (Å²) >= 11 is 1.39. The maximum atomic E-state index is 12.4. The molecule has 0 saturated heterocycles. The second-order valence-electron chi connectivity index (χ2n) is 6.61. The molecule has 6 heteroatoms. The summed E-state index contributed by atoms with van der Waals surface area (Å²) in [4.78, 5) is 20.1. The number of aromatic amines is 1. The zero-order valence-electron chi connectivity index (χ0n) is 15.7. The van der Waals surface area contributed by atoms with Crippen molar-refractivity contribution in [1.82, 2.24) is 15.3 Å². The topological polar surface area (TPSA) is 67.0 Å². The zero-order chi connectivity index (χ0) is 19.5. The number of carbonyl (C=O) groups excluding carboxylic acids is 1. The van der Waals surface area contributed by atoms with Crippen LogP contribution in [0.5, 0.6) is 5.75 Å². The van der Waals surface area contributed by atoms with E-state index in [4.69, 9.17) is 4.74 Å². The van der Waals surface area contributed by atoms with E-state index in [1.54, 1.807) is 7.11 Å². The van der Waals surface area contributed by atoms with Crippen LogP contribution in [0.2, 0.25) is 0 Å².